The number of hydrogen-bond acceptors (Lipinski definition) is 3. The second-order valence-corrected chi connectivity index (χ2v) is 5.71. The highest BCUT2D eigenvalue weighted by Gasteiger charge is 2.06. The molecule has 0 unspecified atom stereocenters. The summed E-state index contributed by atoms with van der Waals surface area (Å²) < 4.78 is 0. The second-order valence-electron chi connectivity index (χ2n) is 5.71. The first kappa shape index (κ1) is 14.3. The first-order chi connectivity index (χ1) is 11.7. The van der Waals surface area contributed by atoms with Crippen molar-refractivity contribution in [3.63, 3.8) is 0 Å². The predicted octanol–water partition coefficient (Wildman–Crippen LogP) is 2.98. The van der Waals surface area contributed by atoms with Gasteiger partial charge in [-0.3, -0.25) is 19.8 Å². The number of nitrogens with one attached hydrogen (secondary N) is 3. The van der Waals surface area contributed by atoms with Gasteiger partial charge in [0.2, 0.25) is 0 Å². The van der Waals surface area contributed by atoms with Crippen LogP contribution in [0.5, 0.6) is 0 Å². The van der Waals surface area contributed by atoms with Gasteiger partial charge < -0.3 is 5.32 Å². The van der Waals surface area contributed by atoms with E-state index in [1.54, 1.807) is 12.1 Å². The van der Waals surface area contributed by atoms with Crippen LogP contribution >= 0.6 is 0 Å². The molecule has 0 radical (unpaired) electrons. The number of anilines is 1. The van der Waals surface area contributed by atoms with E-state index in [1.165, 1.54) is 5.56 Å². The molecule has 0 aliphatic carbocycles. The monoisotopic (exact) mass is 317 g/mol. The van der Waals surface area contributed by atoms with Gasteiger partial charge in [0.25, 0.3) is 11.1 Å². The number of fused-ring (bicyclic) bond motifs is 2. The van der Waals surface area contributed by atoms with E-state index >= 15 is 0 Å². The molecule has 3 aromatic carbocycles. The van der Waals surface area contributed by atoms with Crippen LogP contribution in [0.15, 0.2) is 70.3 Å². The molecule has 1 aromatic heterocycles. The minimum Gasteiger partial charge on any atom is -0.381 e. The van der Waals surface area contributed by atoms with Crippen LogP contribution in [0, 0.1) is 0 Å². The van der Waals surface area contributed by atoms with Gasteiger partial charge in [-0.15, -0.1) is 0 Å². The molecule has 0 saturated carbocycles. The molecule has 0 spiro atoms. The lowest BCUT2D eigenvalue weighted by Crippen LogP contribution is -2.18. The van der Waals surface area contributed by atoms with Crippen LogP contribution < -0.4 is 16.4 Å². The van der Waals surface area contributed by atoms with E-state index in [1.807, 2.05) is 36.4 Å². The first-order valence-electron chi connectivity index (χ1n) is 7.67. The maximum absolute atomic E-state index is 11.9. The van der Waals surface area contributed by atoms with E-state index in [2.05, 4.69) is 27.6 Å². The Morgan fingerprint density at radius 1 is 0.750 bits per heavy atom. The Bertz CT molecular complexity index is 1140. The van der Waals surface area contributed by atoms with Gasteiger partial charge in [-0.25, -0.2) is 0 Å². The highest BCUT2D eigenvalue weighted by Crippen LogP contribution is 2.22. The number of H-pyrrole nitrogens is 2. The number of aromatic amines is 2. The van der Waals surface area contributed by atoms with E-state index in [0.717, 1.165) is 23.0 Å². The lowest BCUT2D eigenvalue weighted by molar-refractivity contribution is 0.977. The normalized spacial score (nSPS) is 11.0. The Morgan fingerprint density at radius 2 is 1.42 bits per heavy atom. The van der Waals surface area contributed by atoms with Gasteiger partial charge in [0.1, 0.15) is 0 Å². The number of rotatable bonds is 3. The molecule has 0 atom stereocenters. The highest BCUT2D eigenvalue weighted by molar-refractivity contribution is 5.98. The molecule has 5 nitrogen and oxygen atoms in total. The minimum atomic E-state index is -0.297. The van der Waals surface area contributed by atoms with E-state index in [9.17, 15) is 9.59 Å². The summed E-state index contributed by atoms with van der Waals surface area (Å²) in [5.74, 6) is 0. The molecular formula is C19H15N3O2. The van der Waals surface area contributed by atoms with Gasteiger partial charge in [0, 0.05) is 12.2 Å². The minimum absolute atomic E-state index is 0.294. The van der Waals surface area contributed by atoms with Crippen molar-refractivity contribution in [2.75, 3.05) is 5.32 Å². The summed E-state index contributed by atoms with van der Waals surface area (Å²) in [6.07, 6.45) is 0. The van der Waals surface area contributed by atoms with Crippen LogP contribution in [0.2, 0.25) is 0 Å². The van der Waals surface area contributed by atoms with E-state index in [-0.39, 0.29) is 11.1 Å². The Balaban J connectivity index is 1.75. The van der Waals surface area contributed by atoms with Crippen molar-refractivity contribution < 1.29 is 0 Å². The molecule has 118 valence electrons. The largest absolute Gasteiger partial charge is 0.381 e. The van der Waals surface area contributed by atoms with Crippen LogP contribution in [0.4, 0.5) is 5.69 Å². The van der Waals surface area contributed by atoms with Crippen LogP contribution in [-0.2, 0) is 6.54 Å². The van der Waals surface area contributed by atoms with E-state index < -0.39 is 0 Å². The van der Waals surface area contributed by atoms with Crippen molar-refractivity contribution in [1.29, 1.82) is 0 Å². The first-order valence-corrected chi connectivity index (χ1v) is 7.67. The molecule has 0 aliphatic heterocycles. The Morgan fingerprint density at radius 3 is 2.12 bits per heavy atom. The Labute approximate surface area is 136 Å². The fourth-order valence-corrected chi connectivity index (χ4v) is 2.83. The van der Waals surface area contributed by atoms with Gasteiger partial charge in [-0.05, 0) is 40.6 Å². The molecule has 0 fully saturated rings. The summed E-state index contributed by atoms with van der Waals surface area (Å²) in [4.78, 5) is 23.8. The van der Waals surface area contributed by atoms with Crippen molar-refractivity contribution in [1.82, 2.24) is 10.2 Å². The lowest BCUT2D eigenvalue weighted by atomic mass is 10.0. The topological polar surface area (TPSA) is 77.8 Å². The number of benzene rings is 3. The maximum atomic E-state index is 11.9. The van der Waals surface area contributed by atoms with Crippen molar-refractivity contribution in [2.24, 2.45) is 0 Å². The fraction of sp³-hybridized carbons (Fsp3) is 0.0526. The van der Waals surface area contributed by atoms with Crippen LogP contribution in [0.3, 0.4) is 0 Å². The third kappa shape index (κ3) is 2.56. The zero-order valence-corrected chi connectivity index (χ0v) is 12.8. The summed E-state index contributed by atoms with van der Waals surface area (Å²) in [6, 6.07) is 19.5. The Hall–Kier alpha value is -3.34. The average molecular weight is 317 g/mol. The zero-order valence-electron chi connectivity index (χ0n) is 12.8. The van der Waals surface area contributed by atoms with Gasteiger partial charge in [0.15, 0.2) is 0 Å². The quantitative estimate of drug-likeness (QED) is 0.508. The molecule has 1 heterocycles. The summed E-state index contributed by atoms with van der Waals surface area (Å²) >= 11 is 0. The van der Waals surface area contributed by atoms with Crippen LogP contribution in [-0.4, -0.2) is 10.2 Å². The SMILES string of the molecule is O=c1[nH][nH]c(=O)c2cc3cc(NCc4ccccc4)ccc3cc12. The predicted molar refractivity (Wildman–Crippen MR) is 96.5 cm³/mol. The Kier molecular flexibility index (Phi) is 3.39. The molecule has 5 heteroatoms. The molecule has 0 saturated heterocycles. The summed E-state index contributed by atoms with van der Waals surface area (Å²) in [5.41, 5.74) is 1.57. The van der Waals surface area contributed by atoms with Crippen molar-refractivity contribution in [3.05, 3.63) is 86.9 Å². The fourth-order valence-electron chi connectivity index (χ4n) is 2.83. The lowest BCUT2D eigenvalue weighted by Gasteiger charge is -2.08. The molecule has 3 N–H and O–H groups in total. The van der Waals surface area contributed by atoms with Crippen molar-refractivity contribution in [3.8, 4) is 0 Å². The second kappa shape index (κ2) is 5.70. The average Bonchev–Trinajstić information content (AvgIpc) is 2.63. The molecule has 0 aliphatic rings. The third-order valence-electron chi connectivity index (χ3n) is 4.09. The summed E-state index contributed by atoms with van der Waals surface area (Å²) in [7, 11) is 0. The third-order valence-corrected chi connectivity index (χ3v) is 4.09. The molecule has 4 rings (SSSR count). The van der Waals surface area contributed by atoms with Gasteiger partial charge in [-0.2, -0.15) is 0 Å². The van der Waals surface area contributed by atoms with Crippen molar-refractivity contribution >= 4 is 27.2 Å². The number of hydrogen-bond donors (Lipinski definition) is 3. The molecule has 4 aromatic rings. The molecule has 0 bridgehead atoms. The standard InChI is InChI=1S/C19H15N3O2/c23-18-16-9-13-6-7-15(20-11-12-4-2-1-3-5-12)8-14(13)10-17(16)19(24)22-21-18/h1-10,20H,11H2,(H,21,23)(H,22,24). The van der Waals surface area contributed by atoms with Crippen LogP contribution in [0.1, 0.15) is 5.56 Å². The summed E-state index contributed by atoms with van der Waals surface area (Å²) in [6.45, 7) is 0.722. The smallest absolute Gasteiger partial charge is 0.270 e. The zero-order chi connectivity index (χ0) is 16.5. The van der Waals surface area contributed by atoms with Crippen molar-refractivity contribution in [2.45, 2.75) is 6.54 Å². The van der Waals surface area contributed by atoms with Gasteiger partial charge >= 0.3 is 0 Å². The van der Waals surface area contributed by atoms with Gasteiger partial charge in [0.05, 0.1) is 10.8 Å². The molecule has 24 heavy (non-hydrogen) atoms. The molecule has 0 amide bonds. The van der Waals surface area contributed by atoms with Crippen LogP contribution in [0.25, 0.3) is 21.5 Å². The maximum Gasteiger partial charge on any atom is 0.270 e. The van der Waals surface area contributed by atoms with E-state index in [0.29, 0.717) is 10.8 Å². The van der Waals surface area contributed by atoms with Gasteiger partial charge in [-0.1, -0.05) is 36.4 Å². The molecular weight excluding hydrogens is 302 g/mol. The highest BCUT2D eigenvalue weighted by atomic mass is 16.1. The van der Waals surface area contributed by atoms with E-state index in [4.69, 9.17) is 0 Å². The summed E-state index contributed by atoms with van der Waals surface area (Å²) in [5, 5.41) is 10.7. The number of aromatic nitrogens is 2.